The molecule has 0 saturated carbocycles. The van der Waals surface area contributed by atoms with Crippen molar-refractivity contribution in [1.82, 2.24) is 15.1 Å². The van der Waals surface area contributed by atoms with E-state index in [1.807, 2.05) is 6.07 Å². The minimum atomic E-state index is -0.271. The van der Waals surface area contributed by atoms with E-state index in [1.165, 1.54) is 12.1 Å². The molecule has 0 aromatic heterocycles. The van der Waals surface area contributed by atoms with Crippen molar-refractivity contribution in [2.75, 3.05) is 32.7 Å². The van der Waals surface area contributed by atoms with E-state index in [-0.39, 0.29) is 17.9 Å². The van der Waals surface area contributed by atoms with Gasteiger partial charge in [-0.25, -0.2) is 4.39 Å². The van der Waals surface area contributed by atoms with E-state index < -0.39 is 0 Å². The fourth-order valence-corrected chi connectivity index (χ4v) is 2.56. The number of rotatable bonds is 6. The van der Waals surface area contributed by atoms with Crippen molar-refractivity contribution < 1.29 is 9.18 Å². The highest BCUT2D eigenvalue weighted by Crippen LogP contribution is 2.22. The molecule has 0 bridgehead atoms. The second kappa shape index (κ2) is 6.81. The van der Waals surface area contributed by atoms with Gasteiger partial charge in [-0.05, 0) is 30.8 Å². The smallest absolute Gasteiger partial charge is 0.238 e. The van der Waals surface area contributed by atoms with Crippen LogP contribution in [0, 0.1) is 5.82 Å². The molecular formula is C15H22FN3O. The molecular weight excluding hydrogens is 257 g/mol. The van der Waals surface area contributed by atoms with Gasteiger partial charge >= 0.3 is 0 Å². The first kappa shape index (κ1) is 14.9. The molecule has 1 aliphatic heterocycles. The molecule has 0 aliphatic carbocycles. The molecule has 0 radical (unpaired) electrons. The largest absolute Gasteiger partial charge is 0.321 e. The summed E-state index contributed by atoms with van der Waals surface area (Å²) in [6, 6.07) is 6.43. The van der Waals surface area contributed by atoms with Crippen LogP contribution in [0.5, 0.6) is 0 Å². The Morgan fingerprint density at radius 1 is 1.40 bits per heavy atom. The molecule has 1 unspecified atom stereocenters. The molecule has 1 N–H and O–H groups in total. The van der Waals surface area contributed by atoms with Gasteiger partial charge in [0.2, 0.25) is 5.91 Å². The number of likely N-dealkylation sites (N-methyl/N-ethyl adjacent to an activating group) is 1. The van der Waals surface area contributed by atoms with Crippen LogP contribution < -0.4 is 5.32 Å². The standard InChI is InChI=1S/C15H22FN3O/c1-3-18(4-2)8-9-19-14(20)11-17-15(19)12-6-5-7-13(16)10-12/h5-7,10,15,17H,3-4,8-9,11H2,1-2H3. The van der Waals surface area contributed by atoms with Crippen LogP contribution in [0.2, 0.25) is 0 Å². The van der Waals surface area contributed by atoms with Crippen molar-refractivity contribution >= 4 is 5.91 Å². The van der Waals surface area contributed by atoms with Crippen molar-refractivity contribution in [3.05, 3.63) is 35.6 Å². The van der Waals surface area contributed by atoms with Crippen molar-refractivity contribution in [2.24, 2.45) is 0 Å². The molecule has 1 aliphatic rings. The third kappa shape index (κ3) is 3.35. The zero-order chi connectivity index (χ0) is 14.5. The van der Waals surface area contributed by atoms with Crippen molar-refractivity contribution in [3.63, 3.8) is 0 Å². The lowest BCUT2D eigenvalue weighted by Crippen LogP contribution is -2.38. The van der Waals surface area contributed by atoms with E-state index in [9.17, 15) is 9.18 Å². The Hall–Kier alpha value is -1.46. The minimum absolute atomic E-state index is 0.0754. The SMILES string of the molecule is CCN(CC)CCN1C(=O)CNC1c1cccc(F)c1. The lowest BCUT2D eigenvalue weighted by Gasteiger charge is -2.27. The second-order valence-corrected chi connectivity index (χ2v) is 4.95. The fraction of sp³-hybridized carbons (Fsp3) is 0.533. The normalized spacial score (nSPS) is 19.1. The molecule has 1 saturated heterocycles. The zero-order valence-electron chi connectivity index (χ0n) is 12.1. The predicted molar refractivity (Wildman–Crippen MR) is 76.6 cm³/mol. The summed E-state index contributed by atoms with van der Waals surface area (Å²) in [7, 11) is 0. The third-order valence-corrected chi connectivity index (χ3v) is 3.79. The number of nitrogens with one attached hydrogen (secondary N) is 1. The Balaban J connectivity index is 2.06. The van der Waals surface area contributed by atoms with Gasteiger partial charge in [0, 0.05) is 13.1 Å². The summed E-state index contributed by atoms with van der Waals surface area (Å²) >= 11 is 0. The van der Waals surface area contributed by atoms with E-state index in [2.05, 4.69) is 24.1 Å². The molecule has 1 amide bonds. The minimum Gasteiger partial charge on any atom is -0.321 e. The van der Waals surface area contributed by atoms with Gasteiger partial charge in [0.25, 0.3) is 0 Å². The topological polar surface area (TPSA) is 35.6 Å². The molecule has 1 aromatic rings. The Morgan fingerprint density at radius 3 is 2.80 bits per heavy atom. The van der Waals surface area contributed by atoms with E-state index in [1.54, 1.807) is 11.0 Å². The molecule has 20 heavy (non-hydrogen) atoms. The lowest BCUT2D eigenvalue weighted by molar-refractivity contribution is -0.128. The number of benzene rings is 1. The highest BCUT2D eigenvalue weighted by atomic mass is 19.1. The maximum atomic E-state index is 13.3. The van der Waals surface area contributed by atoms with E-state index in [0.717, 1.165) is 25.2 Å². The van der Waals surface area contributed by atoms with Crippen LogP contribution >= 0.6 is 0 Å². The van der Waals surface area contributed by atoms with Gasteiger partial charge in [-0.1, -0.05) is 26.0 Å². The summed E-state index contributed by atoms with van der Waals surface area (Å²) in [5.41, 5.74) is 0.801. The Morgan fingerprint density at radius 2 is 2.15 bits per heavy atom. The summed E-state index contributed by atoms with van der Waals surface area (Å²) in [6.07, 6.45) is -0.214. The molecule has 1 atom stereocenters. The molecule has 4 nitrogen and oxygen atoms in total. The molecule has 0 spiro atoms. The number of amides is 1. The maximum Gasteiger partial charge on any atom is 0.238 e. The zero-order valence-corrected chi connectivity index (χ0v) is 12.1. The lowest BCUT2D eigenvalue weighted by atomic mass is 10.1. The number of hydrogen-bond acceptors (Lipinski definition) is 3. The molecule has 1 fully saturated rings. The quantitative estimate of drug-likeness (QED) is 0.859. The predicted octanol–water partition coefficient (Wildman–Crippen LogP) is 1.60. The van der Waals surface area contributed by atoms with Crippen LogP contribution in [0.25, 0.3) is 0 Å². The van der Waals surface area contributed by atoms with Crippen molar-refractivity contribution in [1.29, 1.82) is 0 Å². The number of hydrogen-bond donors (Lipinski definition) is 1. The first-order chi connectivity index (χ1) is 9.65. The first-order valence-electron chi connectivity index (χ1n) is 7.16. The fourth-order valence-electron chi connectivity index (χ4n) is 2.56. The second-order valence-electron chi connectivity index (χ2n) is 4.95. The monoisotopic (exact) mass is 279 g/mol. The molecule has 1 heterocycles. The van der Waals surface area contributed by atoms with Gasteiger partial charge in [-0.15, -0.1) is 0 Å². The van der Waals surface area contributed by atoms with Gasteiger partial charge < -0.3 is 9.80 Å². The van der Waals surface area contributed by atoms with Crippen LogP contribution in [0.3, 0.4) is 0 Å². The number of carbonyl (C=O) groups excluding carboxylic acids is 1. The average molecular weight is 279 g/mol. The molecule has 110 valence electrons. The Labute approximate surface area is 119 Å². The van der Waals surface area contributed by atoms with Gasteiger partial charge in [-0.3, -0.25) is 10.1 Å². The van der Waals surface area contributed by atoms with Gasteiger partial charge in [0.05, 0.1) is 6.54 Å². The number of nitrogens with zero attached hydrogens (tertiary/aromatic N) is 2. The highest BCUT2D eigenvalue weighted by Gasteiger charge is 2.31. The van der Waals surface area contributed by atoms with Crippen LogP contribution in [0.4, 0.5) is 4.39 Å². The van der Waals surface area contributed by atoms with Crippen LogP contribution in [0.15, 0.2) is 24.3 Å². The summed E-state index contributed by atoms with van der Waals surface area (Å²) in [5.74, 6) is -0.196. The Bertz CT molecular complexity index is 462. The molecule has 5 heteroatoms. The first-order valence-corrected chi connectivity index (χ1v) is 7.16. The van der Waals surface area contributed by atoms with E-state index in [4.69, 9.17) is 0 Å². The van der Waals surface area contributed by atoms with Gasteiger partial charge in [-0.2, -0.15) is 0 Å². The maximum absolute atomic E-state index is 13.3. The van der Waals surface area contributed by atoms with Crippen LogP contribution in [-0.4, -0.2) is 48.4 Å². The summed E-state index contributed by atoms with van der Waals surface area (Å²) in [5, 5.41) is 3.15. The van der Waals surface area contributed by atoms with Crippen molar-refractivity contribution in [2.45, 2.75) is 20.0 Å². The van der Waals surface area contributed by atoms with E-state index in [0.29, 0.717) is 13.1 Å². The average Bonchev–Trinajstić information content (AvgIpc) is 2.81. The molecule has 2 rings (SSSR count). The van der Waals surface area contributed by atoms with Gasteiger partial charge in [0.1, 0.15) is 12.0 Å². The summed E-state index contributed by atoms with van der Waals surface area (Å²) in [4.78, 5) is 16.1. The summed E-state index contributed by atoms with van der Waals surface area (Å²) in [6.45, 7) is 7.97. The van der Waals surface area contributed by atoms with Crippen molar-refractivity contribution in [3.8, 4) is 0 Å². The van der Waals surface area contributed by atoms with E-state index >= 15 is 0 Å². The Kier molecular flexibility index (Phi) is 5.09. The van der Waals surface area contributed by atoms with Gasteiger partial charge in [0.15, 0.2) is 0 Å². The molecule has 1 aromatic carbocycles. The summed E-state index contributed by atoms with van der Waals surface area (Å²) < 4.78 is 13.3. The third-order valence-electron chi connectivity index (χ3n) is 3.79. The highest BCUT2D eigenvalue weighted by molar-refractivity contribution is 5.80. The number of halogens is 1. The van der Waals surface area contributed by atoms with Crippen LogP contribution in [0.1, 0.15) is 25.6 Å². The number of carbonyl (C=O) groups is 1. The van der Waals surface area contributed by atoms with Crippen LogP contribution in [-0.2, 0) is 4.79 Å².